The zero-order chi connectivity index (χ0) is 25.1. The van der Waals surface area contributed by atoms with Crippen molar-refractivity contribution in [2.24, 2.45) is 0 Å². The molecule has 0 bridgehead atoms. The number of aromatic nitrogens is 2. The van der Waals surface area contributed by atoms with Gasteiger partial charge in [-0.3, -0.25) is 4.98 Å². The molecule has 0 aliphatic rings. The molecular formula is C35H22N2O. The normalized spacial score (nSPS) is 11.7. The Morgan fingerprint density at radius 3 is 2.05 bits per heavy atom. The molecule has 3 nitrogen and oxygen atoms in total. The Balaban J connectivity index is 1.32. The van der Waals surface area contributed by atoms with Crippen LogP contribution in [0.25, 0.3) is 71.8 Å². The minimum Gasteiger partial charge on any atom is -0.454 e. The summed E-state index contributed by atoms with van der Waals surface area (Å²) in [5.74, 6) is 0. The topological polar surface area (TPSA) is 31.0 Å². The van der Waals surface area contributed by atoms with Gasteiger partial charge in [-0.15, -0.1) is 0 Å². The number of rotatable bonds is 3. The summed E-state index contributed by atoms with van der Waals surface area (Å²) in [6.07, 6.45) is 1.82. The Labute approximate surface area is 219 Å². The molecule has 0 amide bonds. The second kappa shape index (κ2) is 8.19. The zero-order valence-corrected chi connectivity index (χ0v) is 20.5. The number of furan rings is 1. The number of pyridine rings is 1. The van der Waals surface area contributed by atoms with Crippen molar-refractivity contribution in [3.63, 3.8) is 0 Å². The van der Waals surface area contributed by atoms with Gasteiger partial charge in [-0.25, -0.2) is 0 Å². The van der Waals surface area contributed by atoms with Gasteiger partial charge in [0.15, 0.2) is 5.58 Å². The lowest BCUT2D eigenvalue weighted by Gasteiger charge is -2.15. The predicted molar refractivity (Wildman–Crippen MR) is 157 cm³/mol. The Morgan fingerprint density at radius 1 is 0.500 bits per heavy atom. The molecule has 0 aliphatic carbocycles. The third-order valence-corrected chi connectivity index (χ3v) is 7.46. The molecule has 0 atom stereocenters. The average Bonchev–Trinajstić information content (AvgIpc) is 3.53. The highest BCUT2D eigenvalue weighted by atomic mass is 16.3. The fourth-order valence-electron chi connectivity index (χ4n) is 5.74. The van der Waals surface area contributed by atoms with Crippen molar-refractivity contribution in [1.82, 2.24) is 9.55 Å². The van der Waals surface area contributed by atoms with E-state index >= 15 is 0 Å². The fourth-order valence-corrected chi connectivity index (χ4v) is 5.74. The molecule has 0 aliphatic heterocycles. The number of hydrogen-bond acceptors (Lipinski definition) is 2. The van der Waals surface area contributed by atoms with Crippen molar-refractivity contribution in [3.8, 4) is 27.9 Å². The molecule has 3 heteroatoms. The van der Waals surface area contributed by atoms with Gasteiger partial charge >= 0.3 is 0 Å². The summed E-state index contributed by atoms with van der Waals surface area (Å²) < 4.78 is 8.39. The lowest BCUT2D eigenvalue weighted by atomic mass is 9.97. The van der Waals surface area contributed by atoms with E-state index in [0.717, 1.165) is 33.2 Å². The fraction of sp³-hybridized carbons (Fsp3) is 0. The first-order chi connectivity index (χ1) is 18.8. The number of fused-ring (bicyclic) bond motifs is 6. The van der Waals surface area contributed by atoms with Crippen LogP contribution in [-0.2, 0) is 0 Å². The van der Waals surface area contributed by atoms with Gasteiger partial charge in [0.2, 0.25) is 0 Å². The highest BCUT2D eigenvalue weighted by Crippen LogP contribution is 2.37. The maximum atomic E-state index is 6.00. The first-order valence-corrected chi connectivity index (χ1v) is 12.8. The van der Waals surface area contributed by atoms with Crippen molar-refractivity contribution >= 4 is 43.9 Å². The molecule has 5 aromatic carbocycles. The van der Waals surface area contributed by atoms with E-state index in [1.54, 1.807) is 0 Å². The molecule has 3 heterocycles. The summed E-state index contributed by atoms with van der Waals surface area (Å²) in [5, 5.41) is 3.57. The van der Waals surface area contributed by atoms with Crippen molar-refractivity contribution < 1.29 is 4.42 Å². The van der Waals surface area contributed by atoms with Crippen LogP contribution in [0, 0.1) is 0 Å². The van der Waals surface area contributed by atoms with Gasteiger partial charge in [0.25, 0.3) is 0 Å². The minimum absolute atomic E-state index is 0.813. The molecule has 38 heavy (non-hydrogen) atoms. The van der Waals surface area contributed by atoms with Gasteiger partial charge in [0.05, 0.1) is 16.7 Å². The van der Waals surface area contributed by atoms with E-state index in [1.165, 1.54) is 38.6 Å². The molecular weight excluding hydrogens is 464 g/mol. The van der Waals surface area contributed by atoms with Gasteiger partial charge < -0.3 is 8.98 Å². The highest BCUT2D eigenvalue weighted by molar-refractivity contribution is 6.10. The summed E-state index contributed by atoms with van der Waals surface area (Å²) in [5.41, 5.74) is 10.8. The smallest absolute Gasteiger partial charge is 0.153 e. The third kappa shape index (κ3) is 3.12. The number of para-hydroxylation sites is 3. The monoisotopic (exact) mass is 486 g/mol. The molecule has 8 aromatic rings. The largest absolute Gasteiger partial charge is 0.454 e. The second-order valence-electron chi connectivity index (χ2n) is 9.63. The van der Waals surface area contributed by atoms with Gasteiger partial charge in [0, 0.05) is 27.9 Å². The molecule has 8 rings (SSSR count). The van der Waals surface area contributed by atoms with Gasteiger partial charge in [-0.05, 0) is 65.2 Å². The van der Waals surface area contributed by atoms with Crippen LogP contribution in [0.3, 0.4) is 0 Å². The summed E-state index contributed by atoms with van der Waals surface area (Å²) in [6, 6.07) is 45.0. The summed E-state index contributed by atoms with van der Waals surface area (Å²) in [6.45, 7) is 0. The highest BCUT2D eigenvalue weighted by Gasteiger charge is 2.15. The molecule has 0 saturated heterocycles. The van der Waals surface area contributed by atoms with E-state index in [1.807, 2.05) is 24.4 Å². The Hall–Kier alpha value is -5.15. The van der Waals surface area contributed by atoms with Crippen LogP contribution in [0.1, 0.15) is 0 Å². The molecule has 0 radical (unpaired) electrons. The Morgan fingerprint density at radius 2 is 1.21 bits per heavy atom. The molecule has 0 spiro atoms. The van der Waals surface area contributed by atoms with E-state index in [4.69, 9.17) is 4.42 Å². The molecule has 178 valence electrons. The quantitative estimate of drug-likeness (QED) is 0.249. The van der Waals surface area contributed by atoms with Crippen LogP contribution in [0.5, 0.6) is 0 Å². The summed E-state index contributed by atoms with van der Waals surface area (Å²) in [7, 11) is 0. The van der Waals surface area contributed by atoms with E-state index in [0.29, 0.717) is 0 Å². The van der Waals surface area contributed by atoms with Crippen LogP contribution < -0.4 is 0 Å². The SMILES string of the molecule is c1cc(-c2ccc3oc4cccnc4c3c2)cc(-c2ccccc2-n2c3ccccc3c3ccccc32)c1. The molecule has 0 saturated carbocycles. The summed E-state index contributed by atoms with van der Waals surface area (Å²) >= 11 is 0. The second-order valence-corrected chi connectivity index (χ2v) is 9.63. The number of hydrogen-bond donors (Lipinski definition) is 0. The Kier molecular flexibility index (Phi) is 4.52. The minimum atomic E-state index is 0.813. The molecule has 0 N–H and O–H groups in total. The lowest BCUT2D eigenvalue weighted by molar-refractivity contribution is 0.668. The molecule has 0 fully saturated rings. The summed E-state index contributed by atoms with van der Waals surface area (Å²) in [4.78, 5) is 4.56. The van der Waals surface area contributed by atoms with Crippen molar-refractivity contribution in [2.45, 2.75) is 0 Å². The zero-order valence-electron chi connectivity index (χ0n) is 20.5. The van der Waals surface area contributed by atoms with E-state index in [-0.39, 0.29) is 0 Å². The van der Waals surface area contributed by atoms with Gasteiger partial charge in [0.1, 0.15) is 11.1 Å². The number of nitrogens with zero attached hydrogens (tertiary/aromatic N) is 2. The van der Waals surface area contributed by atoms with Crippen molar-refractivity contribution in [1.29, 1.82) is 0 Å². The van der Waals surface area contributed by atoms with Crippen LogP contribution >= 0.6 is 0 Å². The van der Waals surface area contributed by atoms with Crippen LogP contribution in [-0.4, -0.2) is 9.55 Å². The maximum Gasteiger partial charge on any atom is 0.153 e. The predicted octanol–water partition coefficient (Wildman–Crippen LogP) is 9.41. The van der Waals surface area contributed by atoms with E-state index in [2.05, 4.69) is 119 Å². The van der Waals surface area contributed by atoms with Gasteiger partial charge in [-0.2, -0.15) is 0 Å². The maximum absolute atomic E-state index is 6.00. The molecule has 0 unspecified atom stereocenters. The molecule has 3 aromatic heterocycles. The van der Waals surface area contributed by atoms with Crippen LogP contribution in [0.2, 0.25) is 0 Å². The average molecular weight is 487 g/mol. The van der Waals surface area contributed by atoms with Gasteiger partial charge in [-0.1, -0.05) is 78.9 Å². The van der Waals surface area contributed by atoms with Crippen molar-refractivity contribution in [3.05, 3.63) is 134 Å². The first kappa shape index (κ1) is 21.0. The van der Waals surface area contributed by atoms with Crippen LogP contribution in [0.4, 0.5) is 0 Å². The lowest BCUT2D eigenvalue weighted by Crippen LogP contribution is -1.97. The Bertz CT molecular complexity index is 2090. The standard InChI is InChI=1S/C35H22N2O/c1-4-14-30(37-31-15-5-2-12-27(31)28-13-3-6-16-32(28)37)26(11-1)25-10-7-9-23(21-25)24-18-19-33-29(22-24)35-34(38-33)17-8-20-36-35/h1-22H. The van der Waals surface area contributed by atoms with Crippen molar-refractivity contribution in [2.75, 3.05) is 0 Å². The third-order valence-electron chi connectivity index (χ3n) is 7.46. The van der Waals surface area contributed by atoms with Crippen LogP contribution in [0.15, 0.2) is 138 Å². The van der Waals surface area contributed by atoms with E-state index in [9.17, 15) is 0 Å². The first-order valence-electron chi connectivity index (χ1n) is 12.8. The number of benzene rings is 5. The van der Waals surface area contributed by atoms with E-state index < -0.39 is 0 Å².